The van der Waals surface area contributed by atoms with Crippen molar-refractivity contribution in [2.24, 2.45) is 4.99 Å². The number of ether oxygens (including phenoxy) is 2. The van der Waals surface area contributed by atoms with Gasteiger partial charge in [-0.05, 0) is 23.8 Å². The Balaban J connectivity index is 1.93. The van der Waals surface area contributed by atoms with Gasteiger partial charge in [-0.3, -0.25) is 4.79 Å². The molecule has 8 nitrogen and oxygen atoms in total. The van der Waals surface area contributed by atoms with E-state index >= 15 is 0 Å². The molecule has 0 unspecified atom stereocenters. The quantitative estimate of drug-likeness (QED) is 0.475. The van der Waals surface area contributed by atoms with Crippen LogP contribution in [0.2, 0.25) is 0 Å². The average Bonchev–Trinajstić information content (AvgIpc) is 3.07. The van der Waals surface area contributed by atoms with Crippen LogP contribution in [0.4, 0.5) is 0 Å². The molecule has 0 spiro atoms. The van der Waals surface area contributed by atoms with Crippen LogP contribution in [0.3, 0.4) is 0 Å². The molecule has 0 radical (unpaired) electrons. The number of esters is 1. The highest BCUT2D eigenvalue weighted by Crippen LogP contribution is 2.20. The molecule has 3 rings (SSSR count). The first-order chi connectivity index (χ1) is 14.8. The van der Waals surface area contributed by atoms with Gasteiger partial charge in [0.1, 0.15) is 5.75 Å². The van der Waals surface area contributed by atoms with Gasteiger partial charge in [-0.1, -0.05) is 41.7 Å². The standard InChI is InChI=1S/C21H22N2O6S2/c1-28-11-10-23-17-9-8-16(20(25)29-2)12-18(17)30-21(23)22-19(24)14-31(26,27)13-15-6-4-3-5-7-15/h3-9,12H,10-11,13-14H2,1-2H3. The van der Waals surface area contributed by atoms with Crippen LogP contribution in [0.5, 0.6) is 0 Å². The summed E-state index contributed by atoms with van der Waals surface area (Å²) in [5.41, 5.74) is 1.74. The summed E-state index contributed by atoms with van der Waals surface area (Å²) in [6.45, 7) is 0.787. The minimum Gasteiger partial charge on any atom is -0.465 e. The minimum absolute atomic E-state index is 0.228. The first kappa shape index (κ1) is 22.9. The second-order valence-corrected chi connectivity index (χ2v) is 9.80. The van der Waals surface area contributed by atoms with Crippen molar-refractivity contribution in [3.8, 4) is 0 Å². The molecular weight excluding hydrogens is 440 g/mol. The Bertz CT molecular complexity index is 1260. The third-order valence-corrected chi connectivity index (χ3v) is 6.92. The smallest absolute Gasteiger partial charge is 0.337 e. The zero-order valence-corrected chi connectivity index (χ0v) is 18.7. The second kappa shape index (κ2) is 9.99. The highest BCUT2D eigenvalue weighted by atomic mass is 32.2. The number of carbonyl (C=O) groups is 2. The molecule has 0 aliphatic carbocycles. The summed E-state index contributed by atoms with van der Waals surface area (Å²) in [6.07, 6.45) is 0. The van der Waals surface area contributed by atoms with E-state index in [2.05, 4.69) is 4.99 Å². The van der Waals surface area contributed by atoms with Crippen LogP contribution in [0.1, 0.15) is 15.9 Å². The lowest BCUT2D eigenvalue weighted by Crippen LogP contribution is -2.22. The van der Waals surface area contributed by atoms with Gasteiger partial charge < -0.3 is 14.0 Å². The topological polar surface area (TPSA) is 104 Å². The molecule has 1 amide bonds. The van der Waals surface area contributed by atoms with Crippen molar-refractivity contribution in [1.29, 1.82) is 0 Å². The molecule has 3 aromatic rings. The molecule has 31 heavy (non-hydrogen) atoms. The summed E-state index contributed by atoms with van der Waals surface area (Å²) in [4.78, 5) is 28.7. The minimum atomic E-state index is -3.67. The van der Waals surface area contributed by atoms with Crippen molar-refractivity contribution >= 4 is 43.3 Å². The molecule has 0 aliphatic rings. The summed E-state index contributed by atoms with van der Waals surface area (Å²) in [6, 6.07) is 13.7. The van der Waals surface area contributed by atoms with E-state index in [1.807, 2.05) is 0 Å². The number of benzene rings is 2. The van der Waals surface area contributed by atoms with Crippen molar-refractivity contribution < 1.29 is 27.5 Å². The zero-order chi connectivity index (χ0) is 22.4. The molecule has 2 aromatic carbocycles. The Morgan fingerprint density at radius 3 is 2.52 bits per heavy atom. The van der Waals surface area contributed by atoms with E-state index in [0.717, 1.165) is 10.2 Å². The molecule has 0 atom stereocenters. The molecule has 0 N–H and O–H groups in total. The number of aromatic nitrogens is 1. The molecule has 1 aromatic heterocycles. The summed E-state index contributed by atoms with van der Waals surface area (Å²) in [5.74, 6) is -2.14. The predicted octanol–water partition coefficient (Wildman–Crippen LogP) is 2.18. The molecule has 0 bridgehead atoms. The third-order valence-electron chi connectivity index (χ3n) is 4.42. The van der Waals surface area contributed by atoms with Gasteiger partial charge in [0.05, 0.1) is 35.2 Å². The fourth-order valence-electron chi connectivity index (χ4n) is 3.01. The maximum atomic E-state index is 12.5. The van der Waals surface area contributed by atoms with E-state index in [-0.39, 0.29) is 5.75 Å². The molecule has 0 saturated carbocycles. The number of sulfone groups is 1. The number of fused-ring (bicyclic) bond motifs is 1. The maximum absolute atomic E-state index is 12.5. The van der Waals surface area contributed by atoms with E-state index in [1.165, 1.54) is 18.4 Å². The molecule has 10 heteroatoms. The lowest BCUT2D eigenvalue weighted by molar-refractivity contribution is -0.115. The number of hydrogen-bond donors (Lipinski definition) is 0. The first-order valence-corrected chi connectivity index (χ1v) is 12.0. The van der Waals surface area contributed by atoms with Crippen LogP contribution >= 0.6 is 11.3 Å². The van der Waals surface area contributed by atoms with Crippen molar-refractivity contribution in [1.82, 2.24) is 4.57 Å². The zero-order valence-electron chi connectivity index (χ0n) is 17.1. The highest BCUT2D eigenvalue weighted by molar-refractivity contribution is 7.91. The molecule has 164 valence electrons. The predicted molar refractivity (Wildman–Crippen MR) is 118 cm³/mol. The maximum Gasteiger partial charge on any atom is 0.337 e. The molecule has 0 saturated heterocycles. The van der Waals surface area contributed by atoms with Crippen molar-refractivity contribution in [2.45, 2.75) is 12.3 Å². The Labute approximate surface area is 183 Å². The molecular formula is C21H22N2O6S2. The summed E-state index contributed by atoms with van der Waals surface area (Å²) in [5, 5.41) is 0. The lowest BCUT2D eigenvalue weighted by atomic mass is 10.2. The largest absolute Gasteiger partial charge is 0.465 e. The van der Waals surface area contributed by atoms with E-state index in [9.17, 15) is 18.0 Å². The first-order valence-electron chi connectivity index (χ1n) is 9.35. The number of methoxy groups -OCH3 is 2. The van der Waals surface area contributed by atoms with Gasteiger partial charge in [0.15, 0.2) is 14.6 Å². The van der Waals surface area contributed by atoms with Crippen LogP contribution in [0, 0.1) is 0 Å². The third kappa shape index (κ3) is 5.87. The number of hydrogen-bond acceptors (Lipinski definition) is 7. The van der Waals surface area contributed by atoms with E-state index in [0.29, 0.717) is 29.1 Å². The fourth-order valence-corrected chi connectivity index (χ4v) is 5.36. The summed E-state index contributed by atoms with van der Waals surface area (Å²) in [7, 11) is -0.810. The fraction of sp³-hybridized carbons (Fsp3) is 0.286. The van der Waals surface area contributed by atoms with Crippen LogP contribution in [0.25, 0.3) is 10.2 Å². The number of carbonyl (C=O) groups excluding carboxylic acids is 2. The number of amides is 1. The van der Waals surface area contributed by atoms with Crippen LogP contribution < -0.4 is 4.80 Å². The Morgan fingerprint density at radius 2 is 1.84 bits per heavy atom. The van der Waals surface area contributed by atoms with Gasteiger partial charge in [-0.15, -0.1) is 0 Å². The lowest BCUT2D eigenvalue weighted by Gasteiger charge is -2.05. The van der Waals surface area contributed by atoms with Gasteiger partial charge in [0, 0.05) is 13.7 Å². The second-order valence-electron chi connectivity index (χ2n) is 6.73. The molecule has 0 fully saturated rings. The van der Waals surface area contributed by atoms with Crippen molar-refractivity contribution in [2.75, 3.05) is 26.6 Å². The Hall–Kier alpha value is -2.82. The van der Waals surface area contributed by atoms with Gasteiger partial charge in [-0.2, -0.15) is 4.99 Å². The van der Waals surface area contributed by atoms with Gasteiger partial charge in [0.2, 0.25) is 0 Å². The van der Waals surface area contributed by atoms with Crippen LogP contribution in [-0.2, 0) is 36.4 Å². The van der Waals surface area contributed by atoms with E-state index in [4.69, 9.17) is 9.47 Å². The SMILES string of the molecule is COCCn1c(=NC(=O)CS(=O)(=O)Cc2ccccc2)sc2cc(C(=O)OC)ccc21. The molecule has 1 heterocycles. The van der Waals surface area contributed by atoms with E-state index in [1.54, 1.807) is 60.2 Å². The highest BCUT2D eigenvalue weighted by Gasteiger charge is 2.18. The van der Waals surface area contributed by atoms with E-state index < -0.39 is 27.5 Å². The Kier molecular flexibility index (Phi) is 7.37. The van der Waals surface area contributed by atoms with Gasteiger partial charge >= 0.3 is 5.97 Å². The Morgan fingerprint density at radius 1 is 1.10 bits per heavy atom. The van der Waals surface area contributed by atoms with Crippen molar-refractivity contribution in [3.63, 3.8) is 0 Å². The monoisotopic (exact) mass is 462 g/mol. The summed E-state index contributed by atoms with van der Waals surface area (Å²) < 4.78 is 37.2. The normalized spacial score (nSPS) is 12.3. The number of rotatable bonds is 8. The van der Waals surface area contributed by atoms with Crippen molar-refractivity contribution in [3.05, 3.63) is 64.5 Å². The van der Waals surface area contributed by atoms with Gasteiger partial charge in [-0.25, -0.2) is 13.2 Å². The number of nitrogens with zero attached hydrogens (tertiary/aromatic N) is 2. The van der Waals surface area contributed by atoms with Gasteiger partial charge in [0.25, 0.3) is 5.91 Å². The number of thiazole rings is 1. The summed E-state index contributed by atoms with van der Waals surface area (Å²) >= 11 is 1.19. The van der Waals surface area contributed by atoms with Crippen LogP contribution in [0.15, 0.2) is 53.5 Å². The van der Waals surface area contributed by atoms with Crippen LogP contribution in [-0.4, -0.2) is 51.4 Å². The molecule has 0 aliphatic heterocycles. The average molecular weight is 463 g/mol.